The number of hydrogen-bond donors (Lipinski definition) is 1. The van der Waals surface area contributed by atoms with E-state index in [1.54, 1.807) is 30.3 Å². The van der Waals surface area contributed by atoms with Gasteiger partial charge in [-0.15, -0.1) is 6.58 Å². The molecule has 120 valence electrons. The van der Waals surface area contributed by atoms with Crippen LogP contribution in [0.2, 0.25) is 0 Å². The Morgan fingerprint density at radius 3 is 2.41 bits per heavy atom. The van der Waals surface area contributed by atoms with Crippen molar-refractivity contribution in [2.75, 3.05) is 19.6 Å². The van der Waals surface area contributed by atoms with Gasteiger partial charge in [-0.05, 0) is 12.1 Å². The van der Waals surface area contributed by atoms with E-state index in [-0.39, 0.29) is 25.4 Å². The molecule has 1 aromatic rings. The molecule has 0 spiro atoms. The van der Waals surface area contributed by atoms with Crippen molar-refractivity contribution in [1.82, 2.24) is 10.2 Å². The molecule has 7 heteroatoms. The molecule has 0 heterocycles. The van der Waals surface area contributed by atoms with Crippen LogP contribution in [-0.2, 0) is 4.79 Å². The lowest BCUT2D eigenvalue weighted by Gasteiger charge is -2.22. The highest BCUT2D eigenvalue weighted by atomic mass is 19.4. The highest BCUT2D eigenvalue weighted by molar-refractivity contribution is 5.94. The first-order valence-electron chi connectivity index (χ1n) is 6.62. The van der Waals surface area contributed by atoms with E-state index in [1.807, 2.05) is 0 Å². The maximum Gasteiger partial charge on any atom is 0.406 e. The van der Waals surface area contributed by atoms with Gasteiger partial charge in [0.05, 0.1) is 0 Å². The third kappa shape index (κ3) is 6.43. The van der Waals surface area contributed by atoms with E-state index in [9.17, 15) is 22.8 Å². The number of nitrogens with one attached hydrogen (secondary N) is 1. The van der Waals surface area contributed by atoms with Crippen LogP contribution in [0.15, 0.2) is 43.0 Å². The van der Waals surface area contributed by atoms with Crippen molar-refractivity contribution in [1.29, 1.82) is 0 Å². The summed E-state index contributed by atoms with van der Waals surface area (Å²) in [4.78, 5) is 24.1. The van der Waals surface area contributed by atoms with Gasteiger partial charge in [-0.25, -0.2) is 0 Å². The predicted molar refractivity (Wildman–Crippen MR) is 76.2 cm³/mol. The molecule has 0 aromatic heterocycles. The normalized spacial score (nSPS) is 10.9. The van der Waals surface area contributed by atoms with Crippen molar-refractivity contribution in [3.8, 4) is 0 Å². The first-order chi connectivity index (χ1) is 10.3. The van der Waals surface area contributed by atoms with Crippen LogP contribution < -0.4 is 5.32 Å². The minimum Gasteiger partial charge on any atom is -0.352 e. The second-order valence-corrected chi connectivity index (χ2v) is 4.55. The number of rotatable bonds is 7. The number of carbonyl (C=O) groups excluding carboxylic acids is 2. The summed E-state index contributed by atoms with van der Waals surface area (Å²) in [6.45, 7) is 1.78. The zero-order valence-corrected chi connectivity index (χ0v) is 11.9. The molecule has 0 aliphatic heterocycles. The molecule has 0 saturated carbocycles. The summed E-state index contributed by atoms with van der Waals surface area (Å²) in [5.41, 5.74) is 0.424. The van der Waals surface area contributed by atoms with Crippen LogP contribution in [-0.4, -0.2) is 42.5 Å². The molecule has 2 amide bonds. The molecule has 1 rings (SSSR count). The SMILES string of the molecule is C=CCN(CC(F)(F)F)C(=O)CCNC(=O)c1ccccc1. The maximum atomic E-state index is 12.4. The van der Waals surface area contributed by atoms with E-state index >= 15 is 0 Å². The summed E-state index contributed by atoms with van der Waals surface area (Å²) in [7, 11) is 0. The molecule has 0 unspecified atom stereocenters. The fourth-order valence-corrected chi connectivity index (χ4v) is 1.76. The van der Waals surface area contributed by atoms with Crippen LogP contribution in [0.4, 0.5) is 13.2 Å². The van der Waals surface area contributed by atoms with Crippen molar-refractivity contribution >= 4 is 11.8 Å². The van der Waals surface area contributed by atoms with Crippen molar-refractivity contribution < 1.29 is 22.8 Å². The van der Waals surface area contributed by atoms with Crippen LogP contribution in [0.1, 0.15) is 16.8 Å². The molecule has 0 atom stereocenters. The zero-order chi connectivity index (χ0) is 16.6. The number of hydrogen-bond acceptors (Lipinski definition) is 2. The number of carbonyl (C=O) groups is 2. The van der Waals surface area contributed by atoms with Gasteiger partial charge < -0.3 is 10.2 Å². The number of halogens is 3. The Morgan fingerprint density at radius 1 is 1.23 bits per heavy atom. The summed E-state index contributed by atoms with van der Waals surface area (Å²) in [6, 6.07) is 8.34. The molecule has 0 radical (unpaired) electrons. The fraction of sp³-hybridized carbons (Fsp3) is 0.333. The van der Waals surface area contributed by atoms with Crippen LogP contribution >= 0.6 is 0 Å². The first-order valence-corrected chi connectivity index (χ1v) is 6.62. The Kier molecular flexibility index (Phi) is 6.62. The molecule has 0 fully saturated rings. The number of benzene rings is 1. The van der Waals surface area contributed by atoms with Gasteiger partial charge >= 0.3 is 6.18 Å². The van der Waals surface area contributed by atoms with Gasteiger partial charge in [0.2, 0.25) is 5.91 Å². The van der Waals surface area contributed by atoms with Crippen molar-refractivity contribution in [2.45, 2.75) is 12.6 Å². The second-order valence-electron chi connectivity index (χ2n) is 4.55. The standard InChI is InChI=1S/C15H17F3N2O2/c1-2-10-20(11-15(16,17)18)13(21)8-9-19-14(22)12-6-4-3-5-7-12/h2-7H,1,8-11H2,(H,19,22). The van der Waals surface area contributed by atoms with Crippen LogP contribution in [0, 0.1) is 0 Å². The minimum atomic E-state index is -4.47. The second kappa shape index (κ2) is 8.21. The van der Waals surface area contributed by atoms with Crippen molar-refractivity contribution in [2.24, 2.45) is 0 Å². The fourth-order valence-electron chi connectivity index (χ4n) is 1.76. The quantitative estimate of drug-likeness (QED) is 0.786. The minimum absolute atomic E-state index is 0.0297. The van der Waals surface area contributed by atoms with Gasteiger partial charge in [0.25, 0.3) is 5.91 Å². The molecule has 0 aliphatic rings. The van der Waals surface area contributed by atoms with Crippen molar-refractivity contribution in [3.63, 3.8) is 0 Å². The molecule has 1 aromatic carbocycles. The summed E-state index contributed by atoms with van der Waals surface area (Å²) in [6.07, 6.45) is -3.44. The smallest absolute Gasteiger partial charge is 0.352 e. The van der Waals surface area contributed by atoms with Crippen molar-refractivity contribution in [3.05, 3.63) is 48.6 Å². The molecule has 0 bridgehead atoms. The Balaban J connectivity index is 2.46. The highest BCUT2D eigenvalue weighted by Gasteiger charge is 2.32. The van der Waals surface area contributed by atoms with Gasteiger partial charge in [0, 0.05) is 25.1 Å². The van der Waals surface area contributed by atoms with E-state index in [0.29, 0.717) is 10.5 Å². The molecule has 1 N–H and O–H groups in total. The number of alkyl halides is 3. The topological polar surface area (TPSA) is 49.4 Å². The Labute approximate surface area is 126 Å². The molecular weight excluding hydrogens is 297 g/mol. The van der Waals surface area contributed by atoms with Crippen LogP contribution in [0.3, 0.4) is 0 Å². The molecule has 4 nitrogen and oxygen atoms in total. The average molecular weight is 314 g/mol. The van der Waals surface area contributed by atoms with Gasteiger partial charge in [-0.3, -0.25) is 9.59 Å². The van der Waals surface area contributed by atoms with E-state index < -0.39 is 18.6 Å². The monoisotopic (exact) mass is 314 g/mol. The Hall–Kier alpha value is -2.31. The van der Waals surface area contributed by atoms with Crippen LogP contribution in [0.5, 0.6) is 0 Å². The average Bonchev–Trinajstić information content (AvgIpc) is 2.46. The van der Waals surface area contributed by atoms with E-state index in [1.165, 1.54) is 6.08 Å². The number of amides is 2. The molecule has 22 heavy (non-hydrogen) atoms. The summed E-state index contributed by atoms with van der Waals surface area (Å²) in [5, 5.41) is 2.50. The van der Waals surface area contributed by atoms with Gasteiger partial charge in [0.15, 0.2) is 0 Å². The van der Waals surface area contributed by atoms with E-state index in [0.717, 1.165) is 0 Å². The molecular formula is C15H17F3N2O2. The maximum absolute atomic E-state index is 12.4. The van der Waals surface area contributed by atoms with Gasteiger partial charge in [-0.1, -0.05) is 24.3 Å². The van der Waals surface area contributed by atoms with Gasteiger partial charge in [0.1, 0.15) is 6.54 Å². The lowest BCUT2D eigenvalue weighted by Crippen LogP contribution is -2.40. The number of nitrogens with zero attached hydrogens (tertiary/aromatic N) is 1. The Morgan fingerprint density at radius 2 is 1.86 bits per heavy atom. The largest absolute Gasteiger partial charge is 0.406 e. The third-order valence-corrected chi connectivity index (χ3v) is 2.73. The predicted octanol–water partition coefficient (Wildman–Crippen LogP) is 2.38. The third-order valence-electron chi connectivity index (χ3n) is 2.73. The van der Waals surface area contributed by atoms with Gasteiger partial charge in [-0.2, -0.15) is 13.2 Å². The van der Waals surface area contributed by atoms with Crippen LogP contribution in [0.25, 0.3) is 0 Å². The zero-order valence-electron chi connectivity index (χ0n) is 11.9. The van der Waals surface area contributed by atoms with E-state index in [2.05, 4.69) is 11.9 Å². The first kappa shape index (κ1) is 17.7. The summed E-state index contributed by atoms with van der Waals surface area (Å²) >= 11 is 0. The molecule has 0 saturated heterocycles. The lowest BCUT2D eigenvalue weighted by atomic mass is 10.2. The molecule has 0 aliphatic carbocycles. The summed E-state index contributed by atoms with van der Waals surface area (Å²) < 4.78 is 37.1. The lowest BCUT2D eigenvalue weighted by molar-refractivity contribution is -0.160. The highest BCUT2D eigenvalue weighted by Crippen LogP contribution is 2.16. The Bertz CT molecular complexity index is 515. The van der Waals surface area contributed by atoms with E-state index in [4.69, 9.17) is 0 Å². The summed E-state index contributed by atoms with van der Waals surface area (Å²) in [5.74, 6) is -1.06.